The first-order valence-corrected chi connectivity index (χ1v) is 7.26. The molecular formula is C17H18N2O4. The van der Waals surface area contributed by atoms with Crippen LogP contribution in [0.2, 0.25) is 0 Å². The van der Waals surface area contributed by atoms with Gasteiger partial charge in [-0.3, -0.25) is 14.9 Å². The highest BCUT2D eigenvalue weighted by Crippen LogP contribution is 2.19. The quantitative estimate of drug-likeness (QED) is 0.655. The minimum absolute atomic E-state index is 0.0593. The van der Waals surface area contributed by atoms with Crippen LogP contribution in [0.4, 0.5) is 5.69 Å². The van der Waals surface area contributed by atoms with Crippen LogP contribution in [0.15, 0.2) is 42.5 Å². The monoisotopic (exact) mass is 314 g/mol. The maximum atomic E-state index is 12.1. The highest BCUT2D eigenvalue weighted by atomic mass is 16.6. The zero-order valence-corrected chi connectivity index (χ0v) is 13.0. The lowest BCUT2D eigenvalue weighted by Crippen LogP contribution is -2.22. The normalized spacial score (nSPS) is 10.2. The Morgan fingerprint density at radius 3 is 2.74 bits per heavy atom. The first kappa shape index (κ1) is 16.5. The van der Waals surface area contributed by atoms with Crippen LogP contribution in [-0.4, -0.2) is 17.4 Å². The molecule has 2 aromatic carbocycles. The SMILES string of the molecule is CCOc1cccc(CNC(=O)c2ccc(C)c([N+](=O)[O-])c2)c1. The van der Waals surface area contributed by atoms with Crippen LogP contribution >= 0.6 is 0 Å². The van der Waals surface area contributed by atoms with Gasteiger partial charge in [-0.2, -0.15) is 0 Å². The van der Waals surface area contributed by atoms with Crippen molar-refractivity contribution in [3.05, 3.63) is 69.3 Å². The van der Waals surface area contributed by atoms with Crippen molar-refractivity contribution in [2.24, 2.45) is 0 Å². The van der Waals surface area contributed by atoms with Crippen LogP contribution in [0.3, 0.4) is 0 Å². The fourth-order valence-electron chi connectivity index (χ4n) is 2.14. The van der Waals surface area contributed by atoms with Crippen molar-refractivity contribution < 1.29 is 14.5 Å². The summed E-state index contributed by atoms with van der Waals surface area (Å²) in [6.07, 6.45) is 0. The zero-order valence-electron chi connectivity index (χ0n) is 13.0. The molecule has 6 heteroatoms. The van der Waals surface area contributed by atoms with Crippen molar-refractivity contribution in [3.63, 3.8) is 0 Å². The number of carbonyl (C=O) groups is 1. The molecule has 1 amide bonds. The molecule has 0 aliphatic heterocycles. The topological polar surface area (TPSA) is 81.5 Å². The number of ether oxygens (including phenoxy) is 1. The lowest BCUT2D eigenvalue weighted by atomic mass is 10.1. The Morgan fingerprint density at radius 2 is 2.04 bits per heavy atom. The summed E-state index contributed by atoms with van der Waals surface area (Å²) in [6, 6.07) is 11.9. The number of nitro groups is 1. The number of benzene rings is 2. The number of rotatable bonds is 6. The molecule has 0 saturated carbocycles. The average Bonchev–Trinajstić information content (AvgIpc) is 2.53. The van der Waals surface area contributed by atoms with E-state index in [-0.39, 0.29) is 17.2 Å². The molecule has 2 rings (SSSR count). The minimum atomic E-state index is -0.488. The molecule has 0 saturated heterocycles. The Bertz CT molecular complexity index is 728. The second-order valence-corrected chi connectivity index (χ2v) is 5.02. The summed E-state index contributed by atoms with van der Waals surface area (Å²) < 4.78 is 5.41. The molecule has 2 aromatic rings. The molecule has 1 N–H and O–H groups in total. The maximum Gasteiger partial charge on any atom is 0.273 e. The van der Waals surface area contributed by atoms with Gasteiger partial charge in [-0.25, -0.2) is 0 Å². The zero-order chi connectivity index (χ0) is 16.8. The van der Waals surface area contributed by atoms with Gasteiger partial charge in [0.05, 0.1) is 11.5 Å². The van der Waals surface area contributed by atoms with Gasteiger partial charge in [0.15, 0.2) is 0 Å². The van der Waals surface area contributed by atoms with Crippen molar-refractivity contribution in [2.75, 3.05) is 6.61 Å². The molecule has 0 aromatic heterocycles. The molecule has 0 heterocycles. The van der Waals surface area contributed by atoms with E-state index >= 15 is 0 Å². The third-order valence-corrected chi connectivity index (χ3v) is 3.33. The predicted molar refractivity (Wildman–Crippen MR) is 86.6 cm³/mol. The van der Waals surface area contributed by atoms with E-state index in [0.717, 1.165) is 11.3 Å². The van der Waals surface area contributed by atoms with Crippen molar-refractivity contribution in [3.8, 4) is 5.75 Å². The van der Waals surface area contributed by atoms with Crippen LogP contribution in [0, 0.1) is 17.0 Å². The second kappa shape index (κ2) is 7.40. The molecule has 0 radical (unpaired) electrons. The highest BCUT2D eigenvalue weighted by molar-refractivity contribution is 5.94. The fraction of sp³-hybridized carbons (Fsp3) is 0.235. The molecule has 23 heavy (non-hydrogen) atoms. The number of nitrogens with one attached hydrogen (secondary N) is 1. The van der Waals surface area contributed by atoms with Gasteiger partial charge in [-0.1, -0.05) is 18.2 Å². The third kappa shape index (κ3) is 4.29. The number of hydrogen-bond acceptors (Lipinski definition) is 4. The number of carbonyl (C=O) groups excluding carboxylic acids is 1. The lowest BCUT2D eigenvalue weighted by molar-refractivity contribution is -0.385. The Morgan fingerprint density at radius 1 is 1.26 bits per heavy atom. The number of amides is 1. The largest absolute Gasteiger partial charge is 0.494 e. The summed E-state index contributed by atoms with van der Waals surface area (Å²) in [4.78, 5) is 22.6. The van der Waals surface area contributed by atoms with E-state index in [0.29, 0.717) is 18.7 Å². The third-order valence-electron chi connectivity index (χ3n) is 3.33. The molecule has 0 atom stereocenters. The van der Waals surface area contributed by atoms with Gasteiger partial charge in [0.2, 0.25) is 0 Å². The van der Waals surface area contributed by atoms with E-state index in [2.05, 4.69) is 5.32 Å². The molecule has 6 nitrogen and oxygen atoms in total. The van der Waals surface area contributed by atoms with Crippen molar-refractivity contribution in [2.45, 2.75) is 20.4 Å². The molecule has 0 aliphatic rings. The molecule has 0 unspecified atom stereocenters. The van der Waals surface area contributed by atoms with Crippen LogP contribution in [0.5, 0.6) is 5.75 Å². The smallest absolute Gasteiger partial charge is 0.273 e. The van der Waals surface area contributed by atoms with Crippen LogP contribution < -0.4 is 10.1 Å². The van der Waals surface area contributed by atoms with Gasteiger partial charge >= 0.3 is 0 Å². The molecule has 0 fully saturated rings. The van der Waals surface area contributed by atoms with Crippen molar-refractivity contribution in [1.82, 2.24) is 5.32 Å². The number of nitro benzene ring substituents is 1. The minimum Gasteiger partial charge on any atom is -0.494 e. The lowest BCUT2D eigenvalue weighted by Gasteiger charge is -2.08. The molecule has 0 bridgehead atoms. The Balaban J connectivity index is 2.06. The first-order valence-electron chi connectivity index (χ1n) is 7.26. The molecule has 120 valence electrons. The van der Waals surface area contributed by atoms with Gasteiger partial charge in [0.25, 0.3) is 11.6 Å². The second-order valence-electron chi connectivity index (χ2n) is 5.02. The van der Waals surface area contributed by atoms with Gasteiger partial charge in [-0.05, 0) is 37.6 Å². The highest BCUT2D eigenvalue weighted by Gasteiger charge is 2.14. The van der Waals surface area contributed by atoms with Gasteiger partial charge in [0.1, 0.15) is 5.75 Å². The van der Waals surface area contributed by atoms with Crippen molar-refractivity contribution >= 4 is 11.6 Å². The Hall–Kier alpha value is -2.89. The Labute approximate surface area is 134 Å². The number of aryl methyl sites for hydroxylation is 1. The summed E-state index contributed by atoms with van der Waals surface area (Å²) in [5.74, 6) is 0.389. The summed E-state index contributed by atoms with van der Waals surface area (Å²) in [6.45, 7) is 4.43. The summed E-state index contributed by atoms with van der Waals surface area (Å²) in [7, 11) is 0. The van der Waals surface area contributed by atoms with E-state index in [1.807, 2.05) is 31.2 Å². The van der Waals surface area contributed by atoms with E-state index in [1.54, 1.807) is 19.1 Å². The van der Waals surface area contributed by atoms with Gasteiger partial charge in [-0.15, -0.1) is 0 Å². The molecular weight excluding hydrogens is 296 g/mol. The standard InChI is InChI=1S/C17H18N2O4/c1-3-23-15-6-4-5-13(9-15)11-18-17(20)14-8-7-12(2)16(10-14)19(21)22/h4-10H,3,11H2,1-2H3,(H,18,20). The van der Waals surface area contributed by atoms with Crippen LogP contribution in [-0.2, 0) is 6.54 Å². The number of hydrogen-bond donors (Lipinski definition) is 1. The van der Waals surface area contributed by atoms with Crippen LogP contribution in [0.25, 0.3) is 0 Å². The fourth-order valence-corrected chi connectivity index (χ4v) is 2.14. The van der Waals surface area contributed by atoms with Gasteiger partial charge < -0.3 is 10.1 Å². The molecule has 0 aliphatic carbocycles. The van der Waals surface area contributed by atoms with Crippen LogP contribution in [0.1, 0.15) is 28.4 Å². The first-order chi connectivity index (χ1) is 11.0. The Kier molecular flexibility index (Phi) is 5.30. The maximum absolute atomic E-state index is 12.1. The predicted octanol–water partition coefficient (Wildman–Crippen LogP) is 3.23. The summed E-state index contributed by atoms with van der Waals surface area (Å²) >= 11 is 0. The van der Waals surface area contributed by atoms with E-state index < -0.39 is 4.92 Å². The van der Waals surface area contributed by atoms with E-state index in [9.17, 15) is 14.9 Å². The molecule has 0 spiro atoms. The van der Waals surface area contributed by atoms with E-state index in [1.165, 1.54) is 6.07 Å². The van der Waals surface area contributed by atoms with Gasteiger partial charge in [0, 0.05) is 23.7 Å². The average molecular weight is 314 g/mol. The van der Waals surface area contributed by atoms with Crippen molar-refractivity contribution in [1.29, 1.82) is 0 Å². The summed E-state index contributed by atoms with van der Waals surface area (Å²) in [5.41, 5.74) is 1.63. The van der Waals surface area contributed by atoms with E-state index in [4.69, 9.17) is 4.74 Å². The summed E-state index contributed by atoms with van der Waals surface area (Å²) in [5, 5.41) is 13.7. The number of nitrogens with zero attached hydrogens (tertiary/aromatic N) is 1.